The summed E-state index contributed by atoms with van der Waals surface area (Å²) in [5.41, 5.74) is 1.71. The van der Waals surface area contributed by atoms with Crippen LogP contribution in [0.3, 0.4) is 0 Å². The van der Waals surface area contributed by atoms with Crippen LogP contribution in [0.4, 0.5) is 0 Å². The van der Waals surface area contributed by atoms with Crippen LogP contribution in [0, 0.1) is 0 Å². The van der Waals surface area contributed by atoms with Gasteiger partial charge in [-0.1, -0.05) is 23.7 Å². The Morgan fingerprint density at radius 1 is 1.18 bits per heavy atom. The average Bonchev–Trinajstić information content (AvgIpc) is 3.30. The standard InChI is InChI=1S/C20H20ClN5OS/c1-28-12-9-16(20-24-23-18-7-2-3-10-26(18)20)22-19(27)13-25-11-8-14-15(21)5-4-6-17(14)25/h2-8,10-11,16H,9,12-13H2,1H3,(H,22,27). The zero-order valence-electron chi connectivity index (χ0n) is 15.4. The van der Waals surface area contributed by atoms with Crippen LogP contribution in [0.1, 0.15) is 18.3 Å². The second-order valence-electron chi connectivity index (χ2n) is 6.50. The van der Waals surface area contributed by atoms with E-state index in [0.29, 0.717) is 5.02 Å². The van der Waals surface area contributed by atoms with Crippen LogP contribution in [0.5, 0.6) is 0 Å². The Balaban J connectivity index is 1.56. The fourth-order valence-corrected chi connectivity index (χ4v) is 4.02. The van der Waals surface area contributed by atoms with E-state index in [1.807, 2.05) is 63.8 Å². The highest BCUT2D eigenvalue weighted by Gasteiger charge is 2.20. The first kappa shape index (κ1) is 18.8. The van der Waals surface area contributed by atoms with Gasteiger partial charge in [0, 0.05) is 28.3 Å². The number of rotatable bonds is 7. The number of carbonyl (C=O) groups is 1. The number of aromatic nitrogens is 4. The number of fused-ring (bicyclic) bond motifs is 2. The van der Waals surface area contributed by atoms with E-state index >= 15 is 0 Å². The second-order valence-corrected chi connectivity index (χ2v) is 7.90. The molecule has 8 heteroatoms. The molecular formula is C20H20ClN5OS. The molecule has 1 atom stereocenters. The molecule has 0 saturated carbocycles. The third-order valence-electron chi connectivity index (χ3n) is 4.67. The van der Waals surface area contributed by atoms with Crippen molar-refractivity contribution in [1.82, 2.24) is 24.5 Å². The van der Waals surface area contributed by atoms with Crippen LogP contribution in [0.2, 0.25) is 5.02 Å². The minimum absolute atomic E-state index is 0.0729. The van der Waals surface area contributed by atoms with Gasteiger partial charge in [0.2, 0.25) is 5.91 Å². The first-order chi connectivity index (χ1) is 13.7. The van der Waals surface area contributed by atoms with Crippen LogP contribution >= 0.6 is 23.4 Å². The summed E-state index contributed by atoms with van der Waals surface area (Å²) in [6, 6.07) is 13.2. The van der Waals surface area contributed by atoms with Crippen LogP contribution in [-0.2, 0) is 11.3 Å². The number of nitrogens with one attached hydrogen (secondary N) is 1. The molecule has 28 heavy (non-hydrogen) atoms. The van der Waals surface area contributed by atoms with Crippen LogP contribution in [-0.4, -0.2) is 37.1 Å². The molecule has 1 N–H and O–H groups in total. The molecule has 0 saturated heterocycles. The number of carbonyl (C=O) groups excluding carboxylic acids is 1. The van der Waals surface area contributed by atoms with Crippen LogP contribution < -0.4 is 5.32 Å². The summed E-state index contributed by atoms with van der Waals surface area (Å²) < 4.78 is 3.83. The molecule has 144 valence electrons. The van der Waals surface area contributed by atoms with Crippen molar-refractivity contribution in [3.8, 4) is 0 Å². The van der Waals surface area contributed by atoms with E-state index in [1.54, 1.807) is 11.8 Å². The second kappa shape index (κ2) is 8.24. The Labute approximate surface area is 171 Å². The SMILES string of the molecule is CSCCC(NC(=O)Cn1ccc2c(Cl)cccc21)c1nnc2ccccn12. The largest absolute Gasteiger partial charge is 0.344 e. The molecule has 0 aliphatic carbocycles. The highest BCUT2D eigenvalue weighted by Crippen LogP contribution is 2.24. The molecule has 0 radical (unpaired) electrons. The van der Waals surface area contributed by atoms with Crippen molar-refractivity contribution in [2.45, 2.75) is 19.0 Å². The monoisotopic (exact) mass is 413 g/mol. The third kappa shape index (κ3) is 3.72. The summed E-state index contributed by atoms with van der Waals surface area (Å²) in [6.45, 7) is 0.219. The number of halogens is 1. The lowest BCUT2D eigenvalue weighted by atomic mass is 10.2. The summed E-state index contributed by atoms with van der Waals surface area (Å²) in [4.78, 5) is 12.8. The van der Waals surface area contributed by atoms with Crippen molar-refractivity contribution in [3.63, 3.8) is 0 Å². The first-order valence-corrected chi connectivity index (χ1v) is 10.8. The minimum Gasteiger partial charge on any atom is -0.344 e. The maximum Gasteiger partial charge on any atom is 0.240 e. The van der Waals surface area contributed by atoms with Crippen LogP contribution in [0.25, 0.3) is 16.6 Å². The molecule has 6 nitrogen and oxygen atoms in total. The van der Waals surface area contributed by atoms with E-state index in [1.165, 1.54) is 0 Å². The van der Waals surface area contributed by atoms with E-state index < -0.39 is 0 Å². The predicted molar refractivity (Wildman–Crippen MR) is 114 cm³/mol. The number of benzene rings is 1. The molecule has 3 heterocycles. The van der Waals surface area contributed by atoms with E-state index in [-0.39, 0.29) is 18.5 Å². The van der Waals surface area contributed by atoms with E-state index in [0.717, 1.165) is 34.5 Å². The van der Waals surface area contributed by atoms with Gasteiger partial charge in [-0.3, -0.25) is 9.20 Å². The lowest BCUT2D eigenvalue weighted by molar-refractivity contribution is -0.122. The number of amides is 1. The summed E-state index contributed by atoms with van der Waals surface area (Å²) in [7, 11) is 0. The molecule has 0 bridgehead atoms. The minimum atomic E-state index is -0.206. The van der Waals surface area contributed by atoms with Crippen molar-refractivity contribution in [2.75, 3.05) is 12.0 Å². The van der Waals surface area contributed by atoms with Gasteiger partial charge in [-0.25, -0.2) is 0 Å². The molecule has 0 spiro atoms. The number of thioether (sulfide) groups is 1. The predicted octanol–water partition coefficient (Wildman–Crippen LogP) is 3.95. The lowest BCUT2D eigenvalue weighted by Crippen LogP contribution is -2.33. The number of hydrogen-bond acceptors (Lipinski definition) is 4. The van der Waals surface area contributed by atoms with Crippen molar-refractivity contribution in [1.29, 1.82) is 0 Å². The van der Waals surface area contributed by atoms with Gasteiger partial charge in [0.15, 0.2) is 11.5 Å². The van der Waals surface area contributed by atoms with Crippen LogP contribution in [0.15, 0.2) is 54.9 Å². The highest BCUT2D eigenvalue weighted by atomic mass is 35.5. The molecule has 4 aromatic rings. The van der Waals surface area contributed by atoms with E-state index in [4.69, 9.17) is 11.6 Å². The Morgan fingerprint density at radius 3 is 2.93 bits per heavy atom. The zero-order valence-corrected chi connectivity index (χ0v) is 17.0. The molecule has 3 aromatic heterocycles. The Kier molecular flexibility index (Phi) is 5.54. The normalized spacial score (nSPS) is 12.5. The van der Waals surface area contributed by atoms with Gasteiger partial charge in [-0.05, 0) is 48.8 Å². The smallest absolute Gasteiger partial charge is 0.240 e. The van der Waals surface area contributed by atoms with Gasteiger partial charge in [-0.15, -0.1) is 10.2 Å². The van der Waals surface area contributed by atoms with E-state index in [9.17, 15) is 4.79 Å². The molecule has 0 fully saturated rings. The van der Waals surface area contributed by atoms with Crippen molar-refractivity contribution in [3.05, 3.63) is 65.7 Å². The summed E-state index contributed by atoms with van der Waals surface area (Å²) >= 11 is 7.98. The van der Waals surface area contributed by atoms with E-state index in [2.05, 4.69) is 21.8 Å². The van der Waals surface area contributed by atoms with Crippen molar-refractivity contribution in [2.24, 2.45) is 0 Å². The van der Waals surface area contributed by atoms with Crippen molar-refractivity contribution < 1.29 is 4.79 Å². The molecule has 4 rings (SSSR count). The number of pyridine rings is 1. The van der Waals surface area contributed by atoms with Gasteiger partial charge < -0.3 is 9.88 Å². The molecule has 1 aromatic carbocycles. The summed E-state index contributed by atoms with van der Waals surface area (Å²) in [5.74, 6) is 1.59. The summed E-state index contributed by atoms with van der Waals surface area (Å²) in [6.07, 6.45) is 6.64. The maximum atomic E-state index is 12.8. The van der Waals surface area contributed by atoms with Gasteiger partial charge >= 0.3 is 0 Å². The highest BCUT2D eigenvalue weighted by molar-refractivity contribution is 7.98. The van der Waals surface area contributed by atoms with Gasteiger partial charge in [0.1, 0.15) is 6.54 Å². The van der Waals surface area contributed by atoms with Gasteiger partial charge in [0.25, 0.3) is 0 Å². The Morgan fingerprint density at radius 2 is 2.07 bits per heavy atom. The molecule has 1 unspecified atom stereocenters. The number of nitrogens with zero attached hydrogens (tertiary/aromatic N) is 4. The third-order valence-corrected chi connectivity index (χ3v) is 5.65. The Hall–Kier alpha value is -2.51. The molecule has 0 aliphatic rings. The number of hydrogen-bond donors (Lipinski definition) is 1. The fraction of sp³-hybridized carbons (Fsp3) is 0.250. The topological polar surface area (TPSA) is 64.2 Å². The Bertz CT molecular complexity index is 1120. The molecular weight excluding hydrogens is 394 g/mol. The fourth-order valence-electron chi connectivity index (χ4n) is 3.32. The lowest BCUT2D eigenvalue weighted by Gasteiger charge is -2.17. The molecule has 0 aliphatic heterocycles. The zero-order chi connectivity index (χ0) is 19.5. The molecule has 1 amide bonds. The average molecular weight is 414 g/mol. The van der Waals surface area contributed by atoms with Gasteiger partial charge in [-0.2, -0.15) is 11.8 Å². The maximum absolute atomic E-state index is 12.8. The van der Waals surface area contributed by atoms with Crippen molar-refractivity contribution >= 4 is 45.8 Å². The summed E-state index contributed by atoms with van der Waals surface area (Å²) in [5, 5.41) is 13.3. The quantitative estimate of drug-likeness (QED) is 0.498. The first-order valence-electron chi connectivity index (χ1n) is 8.98. The van der Waals surface area contributed by atoms with Gasteiger partial charge in [0.05, 0.1) is 6.04 Å².